The molecule has 0 aliphatic heterocycles. The lowest BCUT2D eigenvalue weighted by Gasteiger charge is -2.18. The smallest absolute Gasteiger partial charge is 0.240 e. The van der Waals surface area contributed by atoms with Gasteiger partial charge in [-0.25, -0.2) is 13.1 Å². The molecule has 0 heterocycles. The molecule has 3 N–H and O–H groups in total. The predicted octanol–water partition coefficient (Wildman–Crippen LogP) is 3.56. The van der Waals surface area contributed by atoms with E-state index in [4.69, 9.17) is 17.3 Å². The van der Waals surface area contributed by atoms with Crippen molar-refractivity contribution in [2.45, 2.75) is 56.9 Å². The number of unbranched alkanes of at least 4 members (excludes halogenated alkanes) is 1. The van der Waals surface area contributed by atoms with Crippen molar-refractivity contribution in [1.29, 1.82) is 0 Å². The number of hydrogen-bond acceptors (Lipinski definition) is 3. The highest BCUT2D eigenvalue weighted by atomic mass is 35.5. The minimum absolute atomic E-state index is 0.0261. The Morgan fingerprint density at radius 3 is 2.50 bits per heavy atom. The highest BCUT2D eigenvalue weighted by Gasteiger charge is 2.20. The summed E-state index contributed by atoms with van der Waals surface area (Å²) in [5, 5.41) is 0.361. The van der Waals surface area contributed by atoms with Gasteiger partial charge in [-0.1, -0.05) is 44.7 Å². The maximum Gasteiger partial charge on any atom is 0.240 e. The number of benzene rings is 1. The third kappa shape index (κ3) is 4.96. The molecular formula is C14H23ClN2O2S. The number of hydrogen-bond donors (Lipinski definition) is 2. The zero-order valence-electron chi connectivity index (χ0n) is 12.0. The van der Waals surface area contributed by atoms with Crippen LogP contribution in [0.5, 0.6) is 0 Å². The van der Waals surface area contributed by atoms with Gasteiger partial charge in [0.05, 0.1) is 15.6 Å². The molecule has 20 heavy (non-hydrogen) atoms. The van der Waals surface area contributed by atoms with E-state index in [1.165, 1.54) is 18.2 Å². The second-order valence-electron chi connectivity index (χ2n) is 4.93. The summed E-state index contributed by atoms with van der Waals surface area (Å²) in [7, 11) is -3.54. The van der Waals surface area contributed by atoms with Crippen LogP contribution in [0.2, 0.25) is 5.02 Å². The molecule has 1 atom stereocenters. The highest BCUT2D eigenvalue weighted by molar-refractivity contribution is 7.89. The van der Waals surface area contributed by atoms with Gasteiger partial charge < -0.3 is 5.73 Å². The van der Waals surface area contributed by atoms with Gasteiger partial charge in [0.2, 0.25) is 10.0 Å². The summed E-state index contributed by atoms with van der Waals surface area (Å²) in [5.41, 5.74) is 5.94. The lowest BCUT2D eigenvalue weighted by molar-refractivity contribution is 0.483. The lowest BCUT2D eigenvalue weighted by Crippen LogP contribution is -2.34. The summed E-state index contributed by atoms with van der Waals surface area (Å²) < 4.78 is 27.4. The van der Waals surface area contributed by atoms with Gasteiger partial charge in [0.15, 0.2) is 0 Å². The number of halogens is 1. The van der Waals surface area contributed by atoms with Crippen LogP contribution < -0.4 is 10.5 Å². The molecule has 1 aromatic carbocycles. The fourth-order valence-corrected chi connectivity index (χ4v) is 3.50. The fraction of sp³-hybridized carbons (Fsp3) is 0.571. The number of anilines is 1. The standard InChI is InChI=1S/C14H23ClN2O2S/c1-3-5-7-11(6-4-2)17-20(18,19)12-8-9-13(15)14(16)10-12/h8-11,17H,3-7,16H2,1-2H3. The van der Waals surface area contributed by atoms with E-state index >= 15 is 0 Å². The number of nitrogens with one attached hydrogen (secondary N) is 1. The zero-order valence-corrected chi connectivity index (χ0v) is 13.6. The van der Waals surface area contributed by atoms with E-state index in [0.29, 0.717) is 5.02 Å². The van der Waals surface area contributed by atoms with Crippen molar-refractivity contribution in [3.63, 3.8) is 0 Å². The minimum Gasteiger partial charge on any atom is -0.397 e. The average Bonchev–Trinajstić information content (AvgIpc) is 2.39. The van der Waals surface area contributed by atoms with Crippen LogP contribution in [0.15, 0.2) is 23.1 Å². The largest absolute Gasteiger partial charge is 0.397 e. The third-order valence-corrected chi connectivity index (χ3v) is 5.01. The van der Waals surface area contributed by atoms with Crippen molar-refractivity contribution in [1.82, 2.24) is 4.72 Å². The van der Waals surface area contributed by atoms with E-state index in [-0.39, 0.29) is 16.6 Å². The maximum atomic E-state index is 12.3. The molecule has 0 bridgehead atoms. The molecule has 1 unspecified atom stereocenters. The van der Waals surface area contributed by atoms with Crippen LogP contribution in [0, 0.1) is 0 Å². The predicted molar refractivity (Wildman–Crippen MR) is 84.4 cm³/mol. The normalized spacial score (nSPS) is 13.3. The first kappa shape index (κ1) is 17.3. The zero-order chi connectivity index (χ0) is 15.2. The molecule has 1 rings (SSSR count). The summed E-state index contributed by atoms with van der Waals surface area (Å²) in [6, 6.07) is 4.35. The Morgan fingerprint density at radius 1 is 1.25 bits per heavy atom. The molecule has 0 saturated heterocycles. The quantitative estimate of drug-likeness (QED) is 0.720. The first-order chi connectivity index (χ1) is 9.40. The van der Waals surface area contributed by atoms with Gasteiger partial charge >= 0.3 is 0 Å². The number of nitrogen functional groups attached to an aromatic ring is 1. The molecule has 0 fully saturated rings. The number of sulfonamides is 1. The molecule has 1 aromatic rings. The van der Waals surface area contributed by atoms with Gasteiger partial charge in [-0.3, -0.25) is 0 Å². The number of rotatable bonds is 8. The van der Waals surface area contributed by atoms with Crippen LogP contribution in [0.3, 0.4) is 0 Å². The van der Waals surface area contributed by atoms with Crippen molar-refractivity contribution in [2.75, 3.05) is 5.73 Å². The first-order valence-electron chi connectivity index (χ1n) is 6.98. The van der Waals surface area contributed by atoms with Crippen LogP contribution in [0.25, 0.3) is 0 Å². The molecule has 6 heteroatoms. The summed E-state index contributed by atoms with van der Waals surface area (Å²) >= 11 is 5.81. The highest BCUT2D eigenvalue weighted by Crippen LogP contribution is 2.22. The minimum atomic E-state index is -3.54. The van der Waals surface area contributed by atoms with Crippen LogP contribution in [-0.2, 0) is 10.0 Å². The van der Waals surface area contributed by atoms with Crippen LogP contribution in [-0.4, -0.2) is 14.5 Å². The SMILES string of the molecule is CCCCC(CCC)NS(=O)(=O)c1ccc(Cl)c(N)c1. The molecule has 0 spiro atoms. The second kappa shape index (κ2) is 7.86. The molecule has 0 aliphatic rings. The van der Waals surface area contributed by atoms with E-state index in [2.05, 4.69) is 11.6 Å². The average molecular weight is 319 g/mol. The molecule has 0 aromatic heterocycles. The summed E-state index contributed by atoms with van der Waals surface area (Å²) in [4.78, 5) is 0.164. The van der Waals surface area contributed by atoms with E-state index in [1.54, 1.807) is 0 Å². The second-order valence-corrected chi connectivity index (χ2v) is 7.05. The lowest BCUT2D eigenvalue weighted by atomic mass is 10.1. The van der Waals surface area contributed by atoms with Gasteiger partial charge in [0.25, 0.3) is 0 Å². The monoisotopic (exact) mass is 318 g/mol. The summed E-state index contributed by atoms with van der Waals surface area (Å²) in [6.07, 6.45) is 4.69. The first-order valence-corrected chi connectivity index (χ1v) is 8.84. The Kier molecular flexibility index (Phi) is 6.79. The van der Waals surface area contributed by atoms with Crippen LogP contribution >= 0.6 is 11.6 Å². The summed E-state index contributed by atoms with van der Waals surface area (Å²) in [6.45, 7) is 4.14. The van der Waals surface area contributed by atoms with E-state index in [9.17, 15) is 8.42 Å². The van der Waals surface area contributed by atoms with Crippen molar-refractivity contribution >= 4 is 27.3 Å². The third-order valence-electron chi connectivity index (χ3n) is 3.14. The molecule has 0 amide bonds. The Morgan fingerprint density at radius 2 is 1.95 bits per heavy atom. The fourth-order valence-electron chi connectivity index (χ4n) is 2.04. The van der Waals surface area contributed by atoms with Crippen molar-refractivity contribution in [2.24, 2.45) is 0 Å². The topological polar surface area (TPSA) is 72.2 Å². The summed E-state index contributed by atoms with van der Waals surface area (Å²) in [5.74, 6) is 0. The molecule has 0 saturated carbocycles. The Balaban J connectivity index is 2.87. The van der Waals surface area contributed by atoms with Gasteiger partial charge in [-0.2, -0.15) is 0 Å². The Labute approximate surface area is 126 Å². The van der Waals surface area contributed by atoms with E-state index in [1.807, 2.05) is 6.92 Å². The molecule has 4 nitrogen and oxygen atoms in total. The van der Waals surface area contributed by atoms with Gasteiger partial charge in [0, 0.05) is 6.04 Å². The van der Waals surface area contributed by atoms with Crippen LogP contribution in [0.1, 0.15) is 46.0 Å². The van der Waals surface area contributed by atoms with Crippen molar-refractivity contribution in [3.05, 3.63) is 23.2 Å². The Hall–Kier alpha value is -0.780. The molecule has 0 aliphatic carbocycles. The molecular weight excluding hydrogens is 296 g/mol. The van der Waals surface area contributed by atoms with E-state index < -0.39 is 10.0 Å². The Bertz CT molecular complexity index is 532. The van der Waals surface area contributed by atoms with Gasteiger partial charge in [-0.15, -0.1) is 0 Å². The maximum absolute atomic E-state index is 12.3. The van der Waals surface area contributed by atoms with Crippen molar-refractivity contribution < 1.29 is 8.42 Å². The van der Waals surface area contributed by atoms with Crippen LogP contribution in [0.4, 0.5) is 5.69 Å². The van der Waals surface area contributed by atoms with Crippen molar-refractivity contribution in [3.8, 4) is 0 Å². The molecule has 114 valence electrons. The number of nitrogens with two attached hydrogens (primary N) is 1. The van der Waals surface area contributed by atoms with E-state index in [0.717, 1.165) is 32.1 Å². The molecule has 0 radical (unpaired) electrons. The van der Waals surface area contributed by atoms with Gasteiger partial charge in [0.1, 0.15) is 0 Å². The van der Waals surface area contributed by atoms with Gasteiger partial charge in [-0.05, 0) is 31.0 Å².